The molecule has 0 atom stereocenters. The molecule has 2 N–H and O–H groups in total. The second kappa shape index (κ2) is 5.99. The van der Waals surface area contributed by atoms with Crippen molar-refractivity contribution in [1.82, 2.24) is 0 Å². The van der Waals surface area contributed by atoms with E-state index in [0.29, 0.717) is 11.4 Å². The molecule has 5 heteroatoms. The van der Waals surface area contributed by atoms with Crippen molar-refractivity contribution in [1.29, 1.82) is 0 Å². The Bertz CT molecular complexity index is 707. The van der Waals surface area contributed by atoms with Crippen LogP contribution in [-0.4, -0.2) is 14.7 Å². The van der Waals surface area contributed by atoms with Crippen molar-refractivity contribution in [2.75, 3.05) is 6.26 Å². The highest BCUT2D eigenvalue weighted by molar-refractivity contribution is 7.99. The van der Waals surface area contributed by atoms with Crippen molar-refractivity contribution in [3.63, 3.8) is 0 Å². The first kappa shape index (κ1) is 15.1. The van der Waals surface area contributed by atoms with Gasteiger partial charge < -0.3 is 5.73 Å². The molecular formula is C15H17NO2S2. The Balaban J connectivity index is 2.27. The summed E-state index contributed by atoms with van der Waals surface area (Å²) in [6.45, 7) is 2.53. The lowest BCUT2D eigenvalue weighted by atomic mass is 10.1. The summed E-state index contributed by atoms with van der Waals surface area (Å²) >= 11 is 1.59. The molecule has 0 unspecified atom stereocenters. The average molecular weight is 307 g/mol. The second-order valence-corrected chi connectivity index (χ2v) is 7.79. The molecule has 0 saturated heterocycles. The van der Waals surface area contributed by atoms with E-state index >= 15 is 0 Å². The molecule has 0 saturated carbocycles. The van der Waals surface area contributed by atoms with E-state index < -0.39 is 9.84 Å². The van der Waals surface area contributed by atoms with Gasteiger partial charge in [-0.05, 0) is 42.8 Å². The Morgan fingerprint density at radius 3 is 2.30 bits per heavy atom. The molecular weight excluding hydrogens is 290 g/mol. The molecule has 2 rings (SSSR count). The number of nitrogens with two attached hydrogens (primary N) is 1. The molecule has 0 amide bonds. The fourth-order valence-electron chi connectivity index (χ4n) is 1.85. The zero-order chi connectivity index (χ0) is 14.8. The largest absolute Gasteiger partial charge is 0.326 e. The molecule has 106 valence electrons. The molecule has 2 aromatic carbocycles. The van der Waals surface area contributed by atoms with Gasteiger partial charge in [-0.2, -0.15) is 0 Å². The molecule has 2 aromatic rings. The van der Waals surface area contributed by atoms with Crippen LogP contribution >= 0.6 is 11.8 Å². The highest BCUT2D eigenvalue weighted by Gasteiger charge is 2.08. The molecule has 0 aliphatic carbocycles. The molecule has 0 fully saturated rings. The number of sulfone groups is 1. The molecule has 0 spiro atoms. The summed E-state index contributed by atoms with van der Waals surface area (Å²) in [7, 11) is -3.14. The third-order valence-electron chi connectivity index (χ3n) is 2.92. The first-order chi connectivity index (χ1) is 9.40. The SMILES string of the molecule is Cc1ccc(Sc2ccc(S(C)(=O)=O)cc2)c(CN)c1. The number of aryl methyl sites for hydroxylation is 1. The number of hydrogen-bond donors (Lipinski definition) is 1. The van der Waals surface area contributed by atoms with Gasteiger partial charge in [0.2, 0.25) is 0 Å². The van der Waals surface area contributed by atoms with E-state index in [1.807, 2.05) is 31.2 Å². The maximum atomic E-state index is 11.4. The van der Waals surface area contributed by atoms with Gasteiger partial charge in [0.15, 0.2) is 9.84 Å². The molecule has 20 heavy (non-hydrogen) atoms. The van der Waals surface area contributed by atoms with Crippen molar-refractivity contribution in [2.24, 2.45) is 5.73 Å². The number of rotatable bonds is 4. The Morgan fingerprint density at radius 1 is 1.10 bits per heavy atom. The predicted molar refractivity (Wildman–Crippen MR) is 82.7 cm³/mol. The number of hydrogen-bond acceptors (Lipinski definition) is 4. The Kier molecular flexibility index (Phi) is 4.52. The van der Waals surface area contributed by atoms with Crippen molar-refractivity contribution >= 4 is 21.6 Å². The van der Waals surface area contributed by atoms with E-state index in [1.165, 1.54) is 11.8 Å². The minimum absolute atomic E-state index is 0.338. The first-order valence-corrected chi connectivity index (χ1v) is 8.88. The third kappa shape index (κ3) is 3.62. The maximum absolute atomic E-state index is 11.4. The zero-order valence-corrected chi connectivity index (χ0v) is 13.1. The minimum atomic E-state index is -3.14. The van der Waals surface area contributed by atoms with Gasteiger partial charge in [0.25, 0.3) is 0 Å². The standard InChI is InChI=1S/C15H17NO2S2/c1-11-3-8-15(12(9-11)10-16)19-13-4-6-14(7-5-13)20(2,17)18/h3-9H,10,16H2,1-2H3. The topological polar surface area (TPSA) is 60.2 Å². The minimum Gasteiger partial charge on any atom is -0.326 e. The molecule has 0 aliphatic heterocycles. The van der Waals surface area contributed by atoms with Crippen LogP contribution in [-0.2, 0) is 16.4 Å². The summed E-state index contributed by atoms with van der Waals surface area (Å²) in [6, 6.07) is 13.1. The fourth-order valence-corrected chi connectivity index (χ4v) is 3.42. The van der Waals surface area contributed by atoms with Crippen LogP contribution in [0.3, 0.4) is 0 Å². The normalized spacial score (nSPS) is 11.6. The average Bonchev–Trinajstić information content (AvgIpc) is 2.40. The Morgan fingerprint density at radius 2 is 1.75 bits per heavy atom. The summed E-state index contributed by atoms with van der Waals surface area (Å²) in [5, 5.41) is 0. The van der Waals surface area contributed by atoms with E-state index in [-0.39, 0.29) is 0 Å². The van der Waals surface area contributed by atoms with E-state index in [4.69, 9.17) is 5.73 Å². The van der Waals surface area contributed by atoms with Gasteiger partial charge in [-0.25, -0.2) is 8.42 Å². The van der Waals surface area contributed by atoms with E-state index in [0.717, 1.165) is 15.4 Å². The van der Waals surface area contributed by atoms with E-state index in [1.54, 1.807) is 23.9 Å². The van der Waals surface area contributed by atoms with Crippen LogP contribution in [0.25, 0.3) is 0 Å². The van der Waals surface area contributed by atoms with Gasteiger partial charge in [0.05, 0.1) is 4.90 Å². The second-order valence-electron chi connectivity index (χ2n) is 4.66. The highest BCUT2D eigenvalue weighted by atomic mass is 32.2. The lowest BCUT2D eigenvalue weighted by Crippen LogP contribution is -1.99. The summed E-state index contributed by atoms with van der Waals surface area (Å²) in [4.78, 5) is 2.44. The van der Waals surface area contributed by atoms with Crippen LogP contribution in [0, 0.1) is 6.92 Å². The molecule has 0 aliphatic rings. The maximum Gasteiger partial charge on any atom is 0.175 e. The Hall–Kier alpha value is -1.30. The van der Waals surface area contributed by atoms with Crippen LogP contribution in [0.4, 0.5) is 0 Å². The van der Waals surface area contributed by atoms with Crippen LogP contribution in [0.15, 0.2) is 57.2 Å². The zero-order valence-electron chi connectivity index (χ0n) is 11.5. The number of benzene rings is 2. The van der Waals surface area contributed by atoms with Crippen molar-refractivity contribution < 1.29 is 8.42 Å². The molecule has 0 heterocycles. The molecule has 0 bridgehead atoms. The first-order valence-electron chi connectivity index (χ1n) is 6.18. The fraction of sp³-hybridized carbons (Fsp3) is 0.200. The van der Waals surface area contributed by atoms with Crippen molar-refractivity contribution in [3.05, 3.63) is 53.6 Å². The summed E-state index contributed by atoms with van der Waals surface area (Å²) in [5.74, 6) is 0. The molecule has 0 radical (unpaired) electrons. The highest BCUT2D eigenvalue weighted by Crippen LogP contribution is 2.31. The predicted octanol–water partition coefficient (Wildman–Crippen LogP) is 3.01. The summed E-state index contributed by atoms with van der Waals surface area (Å²) in [5.41, 5.74) is 8.04. The van der Waals surface area contributed by atoms with E-state index in [2.05, 4.69) is 6.07 Å². The van der Waals surface area contributed by atoms with Crippen molar-refractivity contribution in [2.45, 2.75) is 28.2 Å². The lowest BCUT2D eigenvalue weighted by molar-refractivity contribution is 0.602. The quantitative estimate of drug-likeness (QED) is 0.943. The van der Waals surface area contributed by atoms with Gasteiger partial charge >= 0.3 is 0 Å². The van der Waals surface area contributed by atoms with Crippen LogP contribution < -0.4 is 5.73 Å². The monoisotopic (exact) mass is 307 g/mol. The third-order valence-corrected chi connectivity index (χ3v) is 5.17. The van der Waals surface area contributed by atoms with Gasteiger partial charge in [-0.1, -0.05) is 29.5 Å². The van der Waals surface area contributed by atoms with Crippen LogP contribution in [0.1, 0.15) is 11.1 Å². The molecule has 0 aromatic heterocycles. The van der Waals surface area contributed by atoms with Crippen LogP contribution in [0.2, 0.25) is 0 Å². The van der Waals surface area contributed by atoms with E-state index in [9.17, 15) is 8.42 Å². The summed E-state index contributed by atoms with van der Waals surface area (Å²) < 4.78 is 22.8. The van der Waals surface area contributed by atoms with Gasteiger partial charge in [-0.15, -0.1) is 0 Å². The van der Waals surface area contributed by atoms with Gasteiger partial charge in [0.1, 0.15) is 0 Å². The van der Waals surface area contributed by atoms with Crippen LogP contribution in [0.5, 0.6) is 0 Å². The van der Waals surface area contributed by atoms with Gasteiger partial charge in [0, 0.05) is 22.6 Å². The lowest BCUT2D eigenvalue weighted by Gasteiger charge is -2.09. The Labute approximate surface area is 124 Å². The molecule has 3 nitrogen and oxygen atoms in total. The van der Waals surface area contributed by atoms with Crippen molar-refractivity contribution in [3.8, 4) is 0 Å². The smallest absolute Gasteiger partial charge is 0.175 e. The summed E-state index contributed by atoms with van der Waals surface area (Å²) in [6.07, 6.45) is 1.21. The van der Waals surface area contributed by atoms with Gasteiger partial charge in [-0.3, -0.25) is 0 Å².